The molecule has 4 aromatic rings. The normalized spacial score (nSPS) is 9.60. The molecule has 25 heavy (non-hydrogen) atoms. The molecule has 127 valence electrons. The molecule has 3 aromatic carbocycles. The van der Waals surface area contributed by atoms with Crippen molar-refractivity contribution in [3.63, 3.8) is 0 Å². The number of aryl methyl sites for hydroxylation is 1. The summed E-state index contributed by atoms with van der Waals surface area (Å²) in [5.41, 5.74) is 2.36. The van der Waals surface area contributed by atoms with Crippen molar-refractivity contribution in [3.05, 3.63) is 72.4 Å². The first-order valence-corrected chi connectivity index (χ1v) is 10.1. The molecule has 1 radical (unpaired) electrons. The molecule has 0 bridgehead atoms. The molecule has 0 atom stereocenters. The van der Waals surface area contributed by atoms with Gasteiger partial charge in [0.1, 0.15) is 0 Å². The van der Waals surface area contributed by atoms with E-state index in [2.05, 4.69) is 79.7 Å². The standard InChI is InChI=1S/C11H12Si.C9H8N.2ClH.Zr/c1-12(2)11-7-9-5-3-4-6-10(9)8-11;1-7-6-10-9-5-3-2-4-8(7)9;;;/h3-8H,1-2H3;2-5,10H,1H3;2*1H;/q2*-1;;;+4/p-2. The molecule has 0 saturated heterocycles. The van der Waals surface area contributed by atoms with Gasteiger partial charge in [-0.2, -0.15) is 27.6 Å². The molecule has 0 fully saturated rings. The summed E-state index contributed by atoms with van der Waals surface area (Å²) in [5.74, 6) is 0. The van der Waals surface area contributed by atoms with E-state index in [9.17, 15) is 0 Å². The topological polar surface area (TPSA) is 15.8 Å². The van der Waals surface area contributed by atoms with Crippen LogP contribution in [0.4, 0.5) is 0 Å². The fourth-order valence-electron chi connectivity index (χ4n) is 2.59. The zero-order chi connectivity index (χ0) is 15.5. The Morgan fingerprint density at radius 2 is 1.60 bits per heavy atom. The van der Waals surface area contributed by atoms with Gasteiger partial charge in [0.25, 0.3) is 0 Å². The zero-order valence-electron chi connectivity index (χ0n) is 14.5. The number of aromatic amines is 1. The van der Waals surface area contributed by atoms with E-state index < -0.39 is 0 Å². The van der Waals surface area contributed by atoms with E-state index in [0.29, 0.717) is 0 Å². The second kappa shape index (κ2) is 11.1. The van der Waals surface area contributed by atoms with Gasteiger partial charge in [0.05, 0.1) is 8.80 Å². The SMILES string of the molecule is C[Si](C)c1cc2ccccc2[cH-]1.Cc1[c-][nH]c2ccccc12.[Cl-].[Cl-].[Zr+4]. The van der Waals surface area contributed by atoms with Gasteiger partial charge in [0.2, 0.25) is 0 Å². The van der Waals surface area contributed by atoms with Crippen molar-refractivity contribution in [1.29, 1.82) is 0 Å². The monoisotopic (exact) mass is 462 g/mol. The number of rotatable bonds is 1. The van der Waals surface area contributed by atoms with Crippen LogP contribution >= 0.6 is 0 Å². The van der Waals surface area contributed by atoms with E-state index >= 15 is 0 Å². The van der Waals surface area contributed by atoms with Crippen LogP contribution in [0.1, 0.15) is 5.56 Å². The summed E-state index contributed by atoms with van der Waals surface area (Å²) in [6.45, 7) is 6.72. The maximum atomic E-state index is 3.06. The van der Waals surface area contributed by atoms with Gasteiger partial charge in [0, 0.05) is 0 Å². The van der Waals surface area contributed by atoms with Crippen molar-refractivity contribution >= 4 is 35.7 Å². The third-order valence-corrected chi connectivity index (χ3v) is 5.35. The quantitative estimate of drug-likeness (QED) is 0.269. The predicted octanol–water partition coefficient (Wildman–Crippen LogP) is -1.20. The van der Waals surface area contributed by atoms with Crippen LogP contribution in [0.3, 0.4) is 0 Å². The van der Waals surface area contributed by atoms with Crippen LogP contribution < -0.4 is 30.0 Å². The fourth-order valence-corrected chi connectivity index (χ4v) is 3.48. The number of benzene rings is 2. The number of hydrogen-bond acceptors (Lipinski definition) is 0. The maximum Gasteiger partial charge on any atom is 4.00 e. The Morgan fingerprint density at radius 1 is 0.960 bits per heavy atom. The Bertz CT molecular complexity index is 866. The Balaban J connectivity index is 0.000000416. The number of H-pyrrole nitrogens is 1. The van der Waals surface area contributed by atoms with Gasteiger partial charge in [-0.25, -0.2) is 0 Å². The Morgan fingerprint density at radius 3 is 2.24 bits per heavy atom. The van der Waals surface area contributed by atoms with Crippen molar-refractivity contribution in [3.8, 4) is 0 Å². The smallest absolute Gasteiger partial charge is 1.00 e. The van der Waals surface area contributed by atoms with Crippen molar-refractivity contribution in [2.24, 2.45) is 0 Å². The molecule has 1 nitrogen and oxygen atoms in total. The molecule has 4 rings (SSSR count). The third kappa shape index (κ3) is 5.89. The summed E-state index contributed by atoms with van der Waals surface area (Å²) in [5, 5.41) is 5.58. The number of para-hydroxylation sites is 1. The van der Waals surface area contributed by atoms with Crippen molar-refractivity contribution in [2.45, 2.75) is 20.0 Å². The second-order valence-corrected chi connectivity index (χ2v) is 8.37. The Labute approximate surface area is 183 Å². The molecule has 0 aliphatic carbocycles. The van der Waals surface area contributed by atoms with Gasteiger partial charge in [-0.15, -0.1) is 53.5 Å². The van der Waals surface area contributed by atoms with Gasteiger partial charge < -0.3 is 29.8 Å². The number of hydrogen-bond donors (Lipinski definition) is 1. The minimum atomic E-state index is -0.273. The van der Waals surface area contributed by atoms with Crippen LogP contribution in [0.5, 0.6) is 0 Å². The van der Waals surface area contributed by atoms with Gasteiger partial charge >= 0.3 is 26.2 Å². The zero-order valence-corrected chi connectivity index (χ0v) is 19.5. The summed E-state index contributed by atoms with van der Waals surface area (Å²) >= 11 is 0. The Hall–Kier alpha value is -0.730. The summed E-state index contributed by atoms with van der Waals surface area (Å²) < 4.78 is 0. The van der Waals surface area contributed by atoms with Gasteiger partial charge in [-0.3, -0.25) is 0 Å². The molecule has 1 aromatic heterocycles. The van der Waals surface area contributed by atoms with Crippen LogP contribution in [0.15, 0.2) is 60.7 Å². The molecule has 0 saturated carbocycles. The molecule has 0 spiro atoms. The predicted molar refractivity (Wildman–Crippen MR) is 98.5 cm³/mol. The van der Waals surface area contributed by atoms with Crippen molar-refractivity contribution < 1.29 is 51.0 Å². The molecule has 0 unspecified atom stereocenters. The molecule has 1 N–H and O–H groups in total. The van der Waals surface area contributed by atoms with E-state index in [1.165, 1.54) is 27.2 Å². The average molecular weight is 465 g/mol. The molecule has 0 aliphatic rings. The number of fused-ring (bicyclic) bond motifs is 2. The van der Waals surface area contributed by atoms with Crippen LogP contribution in [0.2, 0.25) is 13.1 Å². The maximum absolute atomic E-state index is 3.06. The summed E-state index contributed by atoms with van der Waals surface area (Å²) in [6, 6.07) is 21.4. The van der Waals surface area contributed by atoms with E-state index in [1.54, 1.807) is 5.19 Å². The summed E-state index contributed by atoms with van der Waals surface area (Å²) in [4.78, 5) is 3.06. The average Bonchev–Trinajstić information content (AvgIpc) is 3.12. The van der Waals surface area contributed by atoms with Gasteiger partial charge in [0.15, 0.2) is 0 Å². The van der Waals surface area contributed by atoms with Crippen LogP contribution in [-0.4, -0.2) is 13.8 Å². The van der Waals surface area contributed by atoms with Crippen LogP contribution in [0, 0.1) is 13.1 Å². The molecule has 0 amide bonds. The van der Waals surface area contributed by atoms with Crippen LogP contribution in [-0.2, 0) is 26.2 Å². The molecular weight excluding hydrogens is 444 g/mol. The van der Waals surface area contributed by atoms with Crippen LogP contribution in [0.25, 0.3) is 21.7 Å². The van der Waals surface area contributed by atoms with Gasteiger partial charge in [-0.1, -0.05) is 38.2 Å². The summed E-state index contributed by atoms with van der Waals surface area (Å²) in [7, 11) is -0.273. The van der Waals surface area contributed by atoms with Crippen molar-refractivity contribution in [1.82, 2.24) is 4.98 Å². The van der Waals surface area contributed by atoms with E-state index in [-0.39, 0.29) is 59.8 Å². The summed E-state index contributed by atoms with van der Waals surface area (Å²) in [6.07, 6.45) is 3.05. The molecule has 1 heterocycles. The minimum absolute atomic E-state index is 0. The van der Waals surface area contributed by atoms with Gasteiger partial charge in [-0.05, 0) is 0 Å². The first-order chi connectivity index (χ1) is 10.6. The van der Waals surface area contributed by atoms with E-state index in [4.69, 9.17) is 0 Å². The fraction of sp³-hybridized carbons (Fsp3) is 0.150. The Kier molecular flexibility index (Phi) is 10.8. The first kappa shape index (κ1) is 24.3. The molecular formula is C20H20Cl2NSiZr. The molecule has 5 heteroatoms. The van der Waals surface area contributed by atoms with Crippen molar-refractivity contribution in [2.75, 3.05) is 0 Å². The first-order valence-electron chi connectivity index (χ1n) is 7.56. The third-order valence-electron chi connectivity index (χ3n) is 3.91. The van der Waals surface area contributed by atoms with E-state index in [1.807, 2.05) is 12.1 Å². The molecule has 0 aliphatic heterocycles. The van der Waals surface area contributed by atoms with E-state index in [0.717, 1.165) is 0 Å². The minimum Gasteiger partial charge on any atom is -1.00 e. The largest absolute Gasteiger partial charge is 4.00 e. The number of aromatic nitrogens is 1. The second-order valence-electron chi connectivity index (χ2n) is 5.79. The number of halogens is 2. The number of nitrogens with one attached hydrogen (secondary N) is 1.